The first-order valence-corrected chi connectivity index (χ1v) is 11.3. The molecular weight excluding hydrogens is 340 g/mol. The van der Waals surface area contributed by atoms with Crippen LogP contribution in [0.25, 0.3) is 0 Å². The summed E-state index contributed by atoms with van der Waals surface area (Å²) in [5.74, 6) is 2.43. The van der Waals surface area contributed by atoms with Crippen LogP contribution in [0.1, 0.15) is 71.6 Å². The van der Waals surface area contributed by atoms with Gasteiger partial charge in [-0.2, -0.15) is 8.42 Å². The third-order valence-corrected chi connectivity index (χ3v) is 9.26. The fourth-order valence-electron chi connectivity index (χ4n) is 7.49. The minimum Gasteiger partial charge on any atom is -0.393 e. The Kier molecular flexibility index (Phi) is 4.31. The van der Waals surface area contributed by atoms with Gasteiger partial charge in [0.2, 0.25) is 0 Å². The van der Waals surface area contributed by atoms with Gasteiger partial charge in [-0.15, -0.1) is 0 Å². The maximum Gasteiger partial charge on any atom is 0.397 e. The van der Waals surface area contributed by atoms with E-state index in [1.807, 2.05) is 0 Å². The molecule has 0 amide bonds. The molecule has 4 aliphatic carbocycles. The van der Waals surface area contributed by atoms with Gasteiger partial charge in [0.25, 0.3) is 0 Å². The minimum absolute atomic E-state index is 0.123. The lowest BCUT2D eigenvalue weighted by molar-refractivity contribution is -0.131. The zero-order valence-corrected chi connectivity index (χ0v) is 16.2. The van der Waals surface area contributed by atoms with Crippen LogP contribution < -0.4 is 0 Å². The van der Waals surface area contributed by atoms with Gasteiger partial charge < -0.3 is 5.11 Å². The molecule has 0 aromatic rings. The summed E-state index contributed by atoms with van der Waals surface area (Å²) in [6.07, 6.45) is 8.69. The zero-order valence-electron chi connectivity index (χ0n) is 15.4. The molecule has 0 aliphatic heterocycles. The van der Waals surface area contributed by atoms with Crippen LogP contribution in [0.2, 0.25) is 0 Å². The number of hydrogen-bond acceptors (Lipinski definition) is 4. The van der Waals surface area contributed by atoms with Gasteiger partial charge in [-0.3, -0.25) is 4.55 Å². The summed E-state index contributed by atoms with van der Waals surface area (Å²) < 4.78 is 36.8. The topological polar surface area (TPSA) is 83.8 Å². The van der Waals surface area contributed by atoms with E-state index in [2.05, 4.69) is 13.8 Å². The number of aliphatic hydroxyl groups excluding tert-OH is 1. The number of aliphatic hydroxyl groups is 1. The van der Waals surface area contributed by atoms with Crippen molar-refractivity contribution >= 4 is 10.4 Å². The summed E-state index contributed by atoms with van der Waals surface area (Å²) in [6, 6.07) is 0. The van der Waals surface area contributed by atoms with Crippen LogP contribution in [0.4, 0.5) is 0 Å². The normalized spacial score (nSPS) is 53.0. The predicted octanol–water partition coefficient (Wildman–Crippen LogP) is 3.58. The van der Waals surface area contributed by atoms with Gasteiger partial charge in [0, 0.05) is 0 Å². The van der Waals surface area contributed by atoms with Crippen LogP contribution in [0.15, 0.2) is 0 Å². The highest BCUT2D eigenvalue weighted by Crippen LogP contribution is 2.66. The summed E-state index contributed by atoms with van der Waals surface area (Å²) in [6.45, 7) is 4.62. The quantitative estimate of drug-likeness (QED) is 0.724. The Hall–Kier alpha value is -0.170. The summed E-state index contributed by atoms with van der Waals surface area (Å²) in [5, 5.41) is 10.1. The molecule has 144 valence electrons. The molecule has 0 saturated heterocycles. The van der Waals surface area contributed by atoms with Gasteiger partial charge in [-0.25, -0.2) is 4.18 Å². The SMILES string of the molecule is C[C@]12CC[C@H](O)C[C@H]1CC[C@@H]1[C@@H]2CC[C@]2(C)[C@@H](OS(=O)(=O)O)CC[C@@H]12. The van der Waals surface area contributed by atoms with Crippen molar-refractivity contribution in [2.24, 2.45) is 34.5 Å². The van der Waals surface area contributed by atoms with E-state index in [9.17, 15) is 13.5 Å². The third-order valence-electron chi connectivity index (χ3n) is 8.79. The highest BCUT2D eigenvalue weighted by atomic mass is 32.3. The molecule has 0 spiro atoms. The summed E-state index contributed by atoms with van der Waals surface area (Å²) in [4.78, 5) is 0. The number of hydrogen-bond donors (Lipinski definition) is 2. The molecule has 4 rings (SSSR count). The van der Waals surface area contributed by atoms with Crippen LogP contribution >= 0.6 is 0 Å². The van der Waals surface area contributed by atoms with E-state index in [1.54, 1.807) is 0 Å². The average Bonchev–Trinajstić information content (AvgIpc) is 2.83. The molecule has 5 nitrogen and oxygen atoms in total. The molecule has 8 atom stereocenters. The second-order valence-corrected chi connectivity index (χ2v) is 10.8. The molecule has 25 heavy (non-hydrogen) atoms. The molecule has 0 unspecified atom stereocenters. The van der Waals surface area contributed by atoms with Crippen LogP contribution in [-0.4, -0.2) is 30.3 Å². The molecule has 4 saturated carbocycles. The van der Waals surface area contributed by atoms with Crippen molar-refractivity contribution < 1.29 is 22.3 Å². The van der Waals surface area contributed by atoms with Crippen LogP contribution in [0.5, 0.6) is 0 Å². The lowest BCUT2D eigenvalue weighted by Gasteiger charge is -2.60. The van der Waals surface area contributed by atoms with Crippen LogP contribution in [-0.2, 0) is 14.6 Å². The van der Waals surface area contributed by atoms with Gasteiger partial charge in [-0.1, -0.05) is 13.8 Å². The first-order valence-electron chi connectivity index (χ1n) is 9.97. The second kappa shape index (κ2) is 5.91. The van der Waals surface area contributed by atoms with Crippen molar-refractivity contribution in [3.8, 4) is 0 Å². The first kappa shape index (κ1) is 18.2. The standard InChI is InChI=1S/C19H32O5S/c1-18-9-7-13(20)11-12(18)3-4-14-15-5-6-17(24-25(21,22)23)19(15,2)10-8-16(14)18/h12-17,20H,3-11H2,1-2H3,(H,21,22,23)/t12-,13+,14+,15+,16+,17+,18+,19+/m1/s1. The Morgan fingerprint density at radius 2 is 1.60 bits per heavy atom. The molecule has 4 aliphatic rings. The van der Waals surface area contributed by atoms with E-state index in [4.69, 9.17) is 8.74 Å². The Labute approximate surface area is 151 Å². The van der Waals surface area contributed by atoms with Gasteiger partial charge in [0.15, 0.2) is 0 Å². The van der Waals surface area contributed by atoms with E-state index in [-0.39, 0.29) is 17.6 Å². The maximum atomic E-state index is 11.3. The molecule has 4 fully saturated rings. The molecule has 0 heterocycles. The average molecular weight is 373 g/mol. The highest BCUT2D eigenvalue weighted by molar-refractivity contribution is 7.80. The van der Waals surface area contributed by atoms with Crippen molar-refractivity contribution in [2.45, 2.75) is 83.8 Å². The van der Waals surface area contributed by atoms with Crippen molar-refractivity contribution in [1.82, 2.24) is 0 Å². The first-order chi connectivity index (χ1) is 11.6. The smallest absolute Gasteiger partial charge is 0.393 e. The largest absolute Gasteiger partial charge is 0.397 e. The Bertz CT molecular complexity index is 634. The lowest BCUT2D eigenvalue weighted by Crippen LogP contribution is -2.54. The lowest BCUT2D eigenvalue weighted by atomic mass is 9.45. The van der Waals surface area contributed by atoms with Gasteiger partial charge in [0.05, 0.1) is 12.2 Å². The van der Waals surface area contributed by atoms with E-state index in [0.717, 1.165) is 44.9 Å². The number of rotatable bonds is 2. The van der Waals surface area contributed by atoms with Gasteiger partial charge >= 0.3 is 10.4 Å². The van der Waals surface area contributed by atoms with E-state index >= 15 is 0 Å². The fourth-order valence-corrected chi connectivity index (χ4v) is 8.10. The Morgan fingerprint density at radius 3 is 2.32 bits per heavy atom. The van der Waals surface area contributed by atoms with Crippen LogP contribution in [0, 0.1) is 34.5 Å². The molecule has 2 N–H and O–H groups in total. The van der Waals surface area contributed by atoms with E-state index in [1.165, 1.54) is 12.8 Å². The molecule has 0 aromatic carbocycles. The summed E-state index contributed by atoms with van der Waals surface area (Å²) in [7, 11) is -4.39. The molecule has 0 radical (unpaired) electrons. The zero-order chi connectivity index (χ0) is 18.0. The van der Waals surface area contributed by atoms with Gasteiger partial charge in [-0.05, 0) is 92.3 Å². The molecule has 0 bridgehead atoms. The summed E-state index contributed by atoms with van der Waals surface area (Å²) in [5.41, 5.74) is 0.180. The fraction of sp³-hybridized carbons (Fsp3) is 1.00. The molecular formula is C19H32O5S. The summed E-state index contributed by atoms with van der Waals surface area (Å²) >= 11 is 0. The maximum absolute atomic E-state index is 11.3. The third kappa shape index (κ3) is 2.88. The molecule has 0 aromatic heterocycles. The van der Waals surface area contributed by atoms with E-state index < -0.39 is 10.4 Å². The van der Waals surface area contributed by atoms with E-state index in [0.29, 0.717) is 29.1 Å². The van der Waals surface area contributed by atoms with Crippen LogP contribution in [0.3, 0.4) is 0 Å². The highest BCUT2D eigenvalue weighted by Gasteiger charge is 2.61. The van der Waals surface area contributed by atoms with Crippen molar-refractivity contribution in [1.29, 1.82) is 0 Å². The molecule has 6 heteroatoms. The van der Waals surface area contributed by atoms with Crippen molar-refractivity contribution in [3.63, 3.8) is 0 Å². The Morgan fingerprint density at radius 1 is 0.920 bits per heavy atom. The predicted molar refractivity (Wildman–Crippen MR) is 94.2 cm³/mol. The van der Waals surface area contributed by atoms with Gasteiger partial charge in [0.1, 0.15) is 0 Å². The Balaban J connectivity index is 1.58. The van der Waals surface area contributed by atoms with Crippen molar-refractivity contribution in [2.75, 3.05) is 0 Å². The van der Waals surface area contributed by atoms with Crippen molar-refractivity contribution in [3.05, 3.63) is 0 Å². The second-order valence-electron chi connectivity index (χ2n) is 9.72. The minimum atomic E-state index is -4.39. The number of fused-ring (bicyclic) bond motifs is 5. The monoisotopic (exact) mass is 372 g/mol.